The van der Waals surface area contributed by atoms with E-state index in [4.69, 9.17) is 4.74 Å². The van der Waals surface area contributed by atoms with E-state index < -0.39 is 0 Å². The summed E-state index contributed by atoms with van der Waals surface area (Å²) in [6.07, 6.45) is 0. The Kier molecular flexibility index (Phi) is 4.15. The van der Waals surface area contributed by atoms with E-state index >= 15 is 0 Å². The summed E-state index contributed by atoms with van der Waals surface area (Å²) in [6.45, 7) is 0. The van der Waals surface area contributed by atoms with Crippen molar-refractivity contribution in [3.8, 4) is 40.0 Å². The second-order valence-corrected chi connectivity index (χ2v) is 5.64. The average molecular weight is 338 g/mol. The lowest BCUT2D eigenvalue weighted by molar-refractivity contribution is 0.483. The van der Waals surface area contributed by atoms with Crippen molar-refractivity contribution in [3.05, 3.63) is 84.6 Å². The molecule has 5 nitrogen and oxygen atoms in total. The number of hydrogen-bond donors (Lipinski definition) is 1. The van der Waals surface area contributed by atoms with Gasteiger partial charge in [-0.25, -0.2) is 5.10 Å². The SMILES string of the molecule is N#Cc1[nH]nnc1-c1cc(Oc2ccccc2)ccc1-c1ccccc1. The van der Waals surface area contributed by atoms with Crippen molar-refractivity contribution in [2.75, 3.05) is 0 Å². The van der Waals surface area contributed by atoms with Crippen molar-refractivity contribution in [1.82, 2.24) is 15.4 Å². The smallest absolute Gasteiger partial charge is 0.163 e. The molecule has 0 saturated carbocycles. The minimum absolute atomic E-state index is 0.319. The number of hydrogen-bond acceptors (Lipinski definition) is 4. The number of para-hydroxylation sites is 1. The third-order valence-electron chi connectivity index (χ3n) is 3.97. The molecule has 3 aromatic carbocycles. The predicted octanol–water partition coefficient (Wildman–Crippen LogP) is 4.80. The van der Waals surface area contributed by atoms with Crippen LogP contribution in [0.4, 0.5) is 0 Å². The van der Waals surface area contributed by atoms with Crippen LogP contribution in [-0.4, -0.2) is 15.4 Å². The first-order valence-electron chi connectivity index (χ1n) is 8.09. The van der Waals surface area contributed by atoms with E-state index in [-0.39, 0.29) is 0 Å². The maximum absolute atomic E-state index is 9.34. The first-order valence-corrected chi connectivity index (χ1v) is 8.09. The van der Waals surface area contributed by atoms with Gasteiger partial charge in [0.1, 0.15) is 23.3 Å². The van der Waals surface area contributed by atoms with E-state index in [0.29, 0.717) is 17.1 Å². The number of benzene rings is 3. The second-order valence-electron chi connectivity index (χ2n) is 5.64. The van der Waals surface area contributed by atoms with E-state index in [9.17, 15) is 5.26 Å². The summed E-state index contributed by atoms with van der Waals surface area (Å²) in [7, 11) is 0. The Morgan fingerprint density at radius 2 is 1.54 bits per heavy atom. The molecule has 0 bridgehead atoms. The largest absolute Gasteiger partial charge is 0.457 e. The predicted molar refractivity (Wildman–Crippen MR) is 98.5 cm³/mol. The number of rotatable bonds is 4. The fourth-order valence-corrected chi connectivity index (χ4v) is 2.77. The topological polar surface area (TPSA) is 74.6 Å². The first-order chi connectivity index (χ1) is 12.8. The van der Waals surface area contributed by atoms with Crippen LogP contribution in [0, 0.1) is 11.3 Å². The maximum atomic E-state index is 9.34. The Bertz CT molecular complexity index is 1070. The zero-order valence-corrected chi connectivity index (χ0v) is 13.8. The molecule has 5 heteroatoms. The molecule has 1 aromatic heterocycles. The second kappa shape index (κ2) is 6.91. The highest BCUT2D eigenvalue weighted by Gasteiger charge is 2.16. The monoisotopic (exact) mass is 338 g/mol. The number of H-pyrrole nitrogens is 1. The molecule has 0 radical (unpaired) electrons. The van der Waals surface area contributed by atoms with Gasteiger partial charge in [-0.3, -0.25) is 0 Å². The summed E-state index contributed by atoms with van der Waals surface area (Å²) < 4.78 is 5.94. The van der Waals surface area contributed by atoms with E-state index in [1.54, 1.807) is 0 Å². The Labute approximate surface area is 150 Å². The summed E-state index contributed by atoms with van der Waals surface area (Å²) in [5, 5.41) is 19.9. The van der Waals surface area contributed by atoms with Crippen LogP contribution < -0.4 is 4.74 Å². The number of nitriles is 1. The van der Waals surface area contributed by atoms with Crippen LogP contribution in [0.25, 0.3) is 22.4 Å². The lowest BCUT2D eigenvalue weighted by Gasteiger charge is -2.12. The Hall–Kier alpha value is -3.91. The lowest BCUT2D eigenvalue weighted by atomic mass is 9.96. The van der Waals surface area contributed by atoms with Crippen LogP contribution in [0.3, 0.4) is 0 Å². The van der Waals surface area contributed by atoms with E-state index in [1.165, 1.54) is 0 Å². The lowest BCUT2D eigenvalue weighted by Crippen LogP contribution is -1.91. The molecule has 1 N–H and O–H groups in total. The number of nitrogens with zero attached hydrogens (tertiary/aromatic N) is 3. The Morgan fingerprint density at radius 1 is 0.808 bits per heavy atom. The van der Waals surface area contributed by atoms with Crippen molar-refractivity contribution < 1.29 is 4.74 Å². The molecule has 4 rings (SSSR count). The van der Waals surface area contributed by atoms with Crippen LogP contribution in [-0.2, 0) is 0 Å². The fraction of sp³-hybridized carbons (Fsp3) is 0. The van der Waals surface area contributed by atoms with Crippen LogP contribution in [0.5, 0.6) is 11.5 Å². The minimum atomic E-state index is 0.319. The zero-order valence-electron chi connectivity index (χ0n) is 13.8. The molecule has 124 valence electrons. The molecule has 0 aliphatic heterocycles. The van der Waals surface area contributed by atoms with Crippen molar-refractivity contribution in [2.45, 2.75) is 0 Å². The number of aromatic amines is 1. The van der Waals surface area contributed by atoms with Crippen molar-refractivity contribution in [1.29, 1.82) is 5.26 Å². The number of aromatic nitrogens is 3. The molecular formula is C21H14N4O. The van der Waals surface area contributed by atoms with Gasteiger partial charge in [-0.15, -0.1) is 5.10 Å². The number of ether oxygens (including phenoxy) is 1. The van der Waals surface area contributed by atoms with E-state index in [1.807, 2.05) is 78.9 Å². The molecule has 0 spiro atoms. The summed E-state index contributed by atoms with van der Waals surface area (Å²) in [6, 6.07) is 27.4. The summed E-state index contributed by atoms with van der Waals surface area (Å²) in [5.74, 6) is 1.41. The quantitative estimate of drug-likeness (QED) is 0.580. The van der Waals surface area contributed by atoms with Gasteiger partial charge in [0, 0.05) is 5.56 Å². The van der Waals surface area contributed by atoms with Crippen LogP contribution in [0.15, 0.2) is 78.9 Å². The third-order valence-corrected chi connectivity index (χ3v) is 3.97. The van der Waals surface area contributed by atoms with E-state index in [0.717, 1.165) is 22.4 Å². The van der Waals surface area contributed by atoms with Crippen molar-refractivity contribution in [2.24, 2.45) is 0 Å². The molecule has 0 aliphatic rings. The van der Waals surface area contributed by atoms with Gasteiger partial charge in [-0.2, -0.15) is 5.26 Å². The van der Waals surface area contributed by atoms with Gasteiger partial charge < -0.3 is 4.74 Å². The first kappa shape index (κ1) is 15.6. The minimum Gasteiger partial charge on any atom is -0.457 e. The van der Waals surface area contributed by atoms with Crippen LogP contribution in [0.1, 0.15) is 5.69 Å². The fourth-order valence-electron chi connectivity index (χ4n) is 2.77. The standard InChI is InChI=1S/C21H14N4O/c22-14-20-21(24-25-23-20)19-13-17(26-16-9-5-2-6-10-16)11-12-18(19)15-7-3-1-4-8-15/h1-13H,(H,23,24,25). The highest BCUT2D eigenvalue weighted by atomic mass is 16.5. The Balaban J connectivity index is 1.84. The van der Waals surface area contributed by atoms with Gasteiger partial charge in [0.25, 0.3) is 0 Å². The Morgan fingerprint density at radius 3 is 2.27 bits per heavy atom. The van der Waals surface area contributed by atoms with Gasteiger partial charge in [-0.1, -0.05) is 53.7 Å². The van der Waals surface area contributed by atoms with Crippen molar-refractivity contribution in [3.63, 3.8) is 0 Å². The molecule has 0 atom stereocenters. The molecule has 0 aliphatic carbocycles. The highest BCUT2D eigenvalue weighted by Crippen LogP contribution is 2.36. The average Bonchev–Trinajstić information content (AvgIpc) is 3.18. The molecule has 0 amide bonds. The zero-order chi connectivity index (χ0) is 17.8. The highest BCUT2D eigenvalue weighted by molar-refractivity contribution is 5.84. The molecule has 26 heavy (non-hydrogen) atoms. The van der Waals surface area contributed by atoms with E-state index in [2.05, 4.69) is 21.5 Å². The number of nitrogens with one attached hydrogen (secondary N) is 1. The van der Waals surface area contributed by atoms with Crippen LogP contribution >= 0.6 is 0 Å². The normalized spacial score (nSPS) is 10.3. The molecule has 1 heterocycles. The summed E-state index contributed by atoms with van der Waals surface area (Å²) in [5.41, 5.74) is 3.59. The van der Waals surface area contributed by atoms with Gasteiger partial charge >= 0.3 is 0 Å². The molecule has 0 fully saturated rings. The van der Waals surface area contributed by atoms with Gasteiger partial charge in [-0.05, 0) is 41.5 Å². The van der Waals surface area contributed by atoms with Crippen LogP contribution in [0.2, 0.25) is 0 Å². The van der Waals surface area contributed by atoms with Gasteiger partial charge in [0.05, 0.1) is 0 Å². The molecule has 4 aromatic rings. The third kappa shape index (κ3) is 3.04. The maximum Gasteiger partial charge on any atom is 0.163 e. The molecular weight excluding hydrogens is 324 g/mol. The summed E-state index contributed by atoms with van der Waals surface area (Å²) >= 11 is 0. The van der Waals surface area contributed by atoms with Gasteiger partial charge in [0.2, 0.25) is 0 Å². The van der Waals surface area contributed by atoms with Gasteiger partial charge in [0.15, 0.2) is 5.69 Å². The summed E-state index contributed by atoms with van der Waals surface area (Å²) in [4.78, 5) is 0. The molecule has 0 unspecified atom stereocenters. The van der Waals surface area contributed by atoms with Crippen molar-refractivity contribution >= 4 is 0 Å². The molecule has 0 saturated heterocycles.